The van der Waals surface area contributed by atoms with Gasteiger partial charge in [0, 0.05) is 6.42 Å². The Morgan fingerprint density at radius 2 is 2.20 bits per heavy atom. The molecule has 108 valence electrons. The Kier molecular flexibility index (Phi) is 4.66. The normalized spacial score (nSPS) is 25.3. The lowest BCUT2D eigenvalue weighted by Crippen LogP contribution is -2.50. The van der Waals surface area contributed by atoms with Crippen LogP contribution in [0.4, 0.5) is 0 Å². The first-order valence-electron chi connectivity index (χ1n) is 7.02. The highest BCUT2D eigenvalue weighted by Crippen LogP contribution is 2.22. The molecule has 2 fully saturated rings. The number of carbonyl (C=O) groups excluding carboxylic acids is 2. The van der Waals surface area contributed by atoms with Gasteiger partial charge < -0.3 is 14.2 Å². The van der Waals surface area contributed by atoms with E-state index in [2.05, 4.69) is 4.85 Å². The molecule has 1 unspecified atom stereocenters. The highest BCUT2D eigenvalue weighted by atomic mass is 16.6. The number of fused-ring (bicyclic) bond motifs is 1. The molecule has 2 aliphatic rings. The summed E-state index contributed by atoms with van der Waals surface area (Å²) in [4.78, 5) is 29.2. The van der Waals surface area contributed by atoms with Crippen molar-refractivity contribution >= 4 is 19.1 Å². The van der Waals surface area contributed by atoms with E-state index < -0.39 is 19.0 Å². The Bertz CT molecular complexity index is 435. The zero-order valence-electron chi connectivity index (χ0n) is 11.9. The van der Waals surface area contributed by atoms with Gasteiger partial charge in [-0.2, -0.15) is 0 Å². The van der Waals surface area contributed by atoms with E-state index >= 15 is 0 Å². The van der Waals surface area contributed by atoms with Crippen LogP contribution in [0.3, 0.4) is 0 Å². The van der Waals surface area contributed by atoms with Crippen molar-refractivity contribution in [3.63, 3.8) is 0 Å². The monoisotopic (exact) mass is 278 g/mol. The summed E-state index contributed by atoms with van der Waals surface area (Å²) in [7, 11) is -1.07. The summed E-state index contributed by atoms with van der Waals surface area (Å²) >= 11 is 0. The van der Waals surface area contributed by atoms with Gasteiger partial charge in [-0.25, -0.2) is 6.57 Å². The fourth-order valence-electron chi connectivity index (χ4n) is 2.70. The number of hydrogen-bond acceptors (Lipinski definition) is 5. The Labute approximate surface area is 119 Å². The fraction of sp³-hybridized carbons (Fsp3) is 0.769. The third kappa shape index (κ3) is 3.31. The van der Waals surface area contributed by atoms with E-state index in [4.69, 9.17) is 15.9 Å². The maximum absolute atomic E-state index is 12.1. The van der Waals surface area contributed by atoms with E-state index in [1.807, 2.05) is 13.8 Å². The van der Waals surface area contributed by atoms with E-state index in [-0.39, 0.29) is 24.5 Å². The minimum atomic E-state index is -1.07. The molecule has 2 aliphatic heterocycles. The molecule has 2 rings (SSSR count). The lowest BCUT2D eigenvalue weighted by Gasteiger charge is -2.27. The molecule has 0 bridgehead atoms. The molecule has 0 spiro atoms. The van der Waals surface area contributed by atoms with Gasteiger partial charge in [-0.05, 0) is 25.3 Å². The van der Waals surface area contributed by atoms with E-state index in [0.717, 1.165) is 6.42 Å². The van der Waals surface area contributed by atoms with Crippen LogP contribution in [0.5, 0.6) is 0 Å². The van der Waals surface area contributed by atoms with Crippen LogP contribution in [0.15, 0.2) is 0 Å². The predicted octanol–water partition coefficient (Wildman–Crippen LogP) is 0.912. The Morgan fingerprint density at radius 1 is 1.45 bits per heavy atom. The predicted molar refractivity (Wildman–Crippen MR) is 72.4 cm³/mol. The van der Waals surface area contributed by atoms with Gasteiger partial charge in [0.1, 0.15) is 6.04 Å². The summed E-state index contributed by atoms with van der Waals surface area (Å²) in [6.45, 7) is 12.0. The molecule has 0 radical (unpaired) electrons. The summed E-state index contributed by atoms with van der Waals surface area (Å²) in [5, 5.41) is 0. The largest absolute Gasteiger partial charge is 0.688 e. The lowest BCUT2D eigenvalue weighted by molar-refractivity contribution is -0.149. The molecule has 0 N–H and O–H groups in total. The van der Waals surface area contributed by atoms with Gasteiger partial charge in [-0.15, -0.1) is 0 Å². The molecule has 2 atom stereocenters. The summed E-state index contributed by atoms with van der Waals surface area (Å²) < 4.78 is 10.5. The topological polar surface area (TPSA) is 60.2 Å². The standard InChI is InChI=1S/C13H19BN2O4/c1-9(2)7-11(15-3)14-19-12(17)8-16-6-4-5-10(16)13(18)20-14/h9-11H,4-8H2,1-2H3/t10-,11?/m0/s1. The van der Waals surface area contributed by atoms with Crippen molar-refractivity contribution in [2.24, 2.45) is 5.92 Å². The van der Waals surface area contributed by atoms with Crippen molar-refractivity contribution in [2.45, 2.75) is 45.1 Å². The quantitative estimate of drug-likeness (QED) is 0.567. The molecule has 0 saturated carbocycles. The van der Waals surface area contributed by atoms with Crippen LogP contribution < -0.4 is 0 Å². The molecule has 2 saturated heterocycles. The molecule has 2 heterocycles. The van der Waals surface area contributed by atoms with Gasteiger partial charge in [-0.1, -0.05) is 13.8 Å². The highest BCUT2D eigenvalue weighted by molar-refractivity contribution is 6.51. The van der Waals surface area contributed by atoms with Crippen LogP contribution in [0.1, 0.15) is 33.1 Å². The number of hydrogen-bond donors (Lipinski definition) is 0. The van der Waals surface area contributed by atoms with Crippen molar-refractivity contribution in [1.29, 1.82) is 0 Å². The molecule has 6 nitrogen and oxygen atoms in total. The number of rotatable bonds is 3. The SMILES string of the molecule is [C-]#[N+]C(CC(C)C)B1OC(=O)CN2CCC[C@H]2C(=O)O1. The smallest absolute Gasteiger partial charge is 0.493 e. The van der Waals surface area contributed by atoms with E-state index in [1.165, 1.54) is 0 Å². The lowest BCUT2D eigenvalue weighted by atomic mass is 9.74. The van der Waals surface area contributed by atoms with Gasteiger partial charge in [0.15, 0.2) is 0 Å². The summed E-state index contributed by atoms with van der Waals surface area (Å²) in [6.07, 6.45) is 2.10. The average molecular weight is 278 g/mol. The van der Waals surface area contributed by atoms with Gasteiger partial charge in [-0.3, -0.25) is 14.5 Å². The van der Waals surface area contributed by atoms with Crippen LogP contribution in [-0.4, -0.2) is 49.0 Å². The Hall–Kier alpha value is -1.55. The average Bonchev–Trinajstić information content (AvgIpc) is 2.81. The second kappa shape index (κ2) is 6.27. The van der Waals surface area contributed by atoms with Crippen molar-refractivity contribution in [3.8, 4) is 0 Å². The summed E-state index contributed by atoms with van der Waals surface area (Å²) in [5.41, 5.74) is 0. The first-order chi connectivity index (χ1) is 9.51. The van der Waals surface area contributed by atoms with Crippen molar-refractivity contribution in [2.75, 3.05) is 13.1 Å². The molecular weight excluding hydrogens is 259 g/mol. The minimum absolute atomic E-state index is 0.0999. The van der Waals surface area contributed by atoms with Crippen molar-refractivity contribution < 1.29 is 18.9 Å². The summed E-state index contributed by atoms with van der Waals surface area (Å²) in [6, 6.07) is -0.365. The van der Waals surface area contributed by atoms with Gasteiger partial charge in [0.25, 0.3) is 5.94 Å². The number of carbonyl (C=O) groups is 2. The van der Waals surface area contributed by atoms with E-state index in [0.29, 0.717) is 19.4 Å². The Balaban J connectivity index is 2.12. The van der Waals surface area contributed by atoms with Crippen molar-refractivity contribution in [1.82, 2.24) is 4.90 Å². The molecule has 0 amide bonds. The second-order valence-corrected chi connectivity index (χ2v) is 5.75. The van der Waals surface area contributed by atoms with Crippen LogP contribution in [-0.2, 0) is 18.9 Å². The van der Waals surface area contributed by atoms with Gasteiger partial charge in [0.05, 0.1) is 6.54 Å². The number of nitrogens with zero attached hydrogens (tertiary/aromatic N) is 2. The fourth-order valence-corrected chi connectivity index (χ4v) is 2.70. The summed E-state index contributed by atoms with van der Waals surface area (Å²) in [5.74, 6) is -1.17. The van der Waals surface area contributed by atoms with Gasteiger partial charge in [0.2, 0.25) is 0 Å². The second-order valence-electron chi connectivity index (χ2n) is 5.75. The van der Waals surface area contributed by atoms with Gasteiger partial charge >= 0.3 is 19.1 Å². The first-order valence-corrected chi connectivity index (χ1v) is 7.02. The molecule has 7 heteroatoms. The van der Waals surface area contributed by atoms with Crippen LogP contribution in [0, 0.1) is 12.5 Å². The molecule has 20 heavy (non-hydrogen) atoms. The molecule has 0 aromatic carbocycles. The van der Waals surface area contributed by atoms with Crippen molar-refractivity contribution in [3.05, 3.63) is 11.4 Å². The third-order valence-corrected chi connectivity index (χ3v) is 3.64. The van der Waals surface area contributed by atoms with Crippen LogP contribution >= 0.6 is 0 Å². The van der Waals surface area contributed by atoms with Crippen LogP contribution in [0.25, 0.3) is 4.85 Å². The zero-order chi connectivity index (χ0) is 14.7. The third-order valence-electron chi connectivity index (χ3n) is 3.64. The van der Waals surface area contributed by atoms with E-state index in [1.54, 1.807) is 4.90 Å². The zero-order valence-corrected chi connectivity index (χ0v) is 11.9. The highest BCUT2D eigenvalue weighted by Gasteiger charge is 2.48. The molecular formula is C13H19BN2O4. The Morgan fingerprint density at radius 3 is 2.85 bits per heavy atom. The molecule has 0 aromatic rings. The maximum Gasteiger partial charge on any atom is 0.688 e. The molecule has 0 aromatic heterocycles. The first kappa shape index (κ1) is 14.9. The van der Waals surface area contributed by atoms with E-state index in [9.17, 15) is 9.59 Å². The van der Waals surface area contributed by atoms with Crippen LogP contribution in [0.2, 0.25) is 0 Å². The maximum atomic E-state index is 12.1. The molecule has 0 aliphatic carbocycles. The minimum Gasteiger partial charge on any atom is -0.493 e.